The summed E-state index contributed by atoms with van der Waals surface area (Å²) in [5, 5.41) is 0.254. The SMILES string of the molecule is COCCCN1C(=O)c2ccc(C(=O)Oc3ccc4c(=O)c(Oc5ccc(C(C)(C)C)cc5)coc4c3)cc2C1=O. The first-order valence-corrected chi connectivity index (χ1v) is 13.1. The Morgan fingerprint density at radius 2 is 1.59 bits per heavy atom. The van der Waals surface area contributed by atoms with E-state index in [2.05, 4.69) is 20.8 Å². The normalized spacial score (nSPS) is 13.0. The van der Waals surface area contributed by atoms with Gasteiger partial charge in [0.05, 0.1) is 22.1 Å². The molecular formula is C32H29NO8. The van der Waals surface area contributed by atoms with Crippen LogP contribution in [0.5, 0.6) is 17.2 Å². The number of rotatable bonds is 8. The van der Waals surface area contributed by atoms with E-state index in [1.54, 1.807) is 19.2 Å². The van der Waals surface area contributed by atoms with Crippen LogP contribution in [0.15, 0.2) is 76.1 Å². The molecule has 0 unspecified atom stereocenters. The van der Waals surface area contributed by atoms with E-state index in [1.807, 2.05) is 12.1 Å². The van der Waals surface area contributed by atoms with E-state index < -0.39 is 17.8 Å². The van der Waals surface area contributed by atoms with Crippen molar-refractivity contribution in [3.8, 4) is 17.2 Å². The van der Waals surface area contributed by atoms with Gasteiger partial charge in [-0.2, -0.15) is 0 Å². The minimum Gasteiger partial charge on any atom is -0.460 e. The van der Waals surface area contributed by atoms with E-state index in [0.29, 0.717) is 18.8 Å². The molecule has 3 aromatic carbocycles. The lowest BCUT2D eigenvalue weighted by atomic mass is 9.87. The summed E-state index contributed by atoms with van der Waals surface area (Å²) in [6, 6.07) is 16.1. The van der Waals surface area contributed by atoms with Crippen molar-refractivity contribution in [2.24, 2.45) is 0 Å². The minimum atomic E-state index is -0.730. The lowest BCUT2D eigenvalue weighted by Crippen LogP contribution is -2.31. The number of ether oxygens (including phenoxy) is 3. The molecule has 41 heavy (non-hydrogen) atoms. The Bertz CT molecular complexity index is 1710. The van der Waals surface area contributed by atoms with Gasteiger partial charge in [-0.15, -0.1) is 0 Å². The first-order valence-electron chi connectivity index (χ1n) is 13.1. The first-order chi connectivity index (χ1) is 19.6. The second-order valence-electron chi connectivity index (χ2n) is 10.7. The fraction of sp³-hybridized carbons (Fsp3) is 0.250. The number of methoxy groups -OCH3 is 1. The van der Waals surface area contributed by atoms with Gasteiger partial charge in [0.1, 0.15) is 23.3 Å². The molecule has 2 amide bonds. The van der Waals surface area contributed by atoms with Gasteiger partial charge < -0.3 is 18.6 Å². The van der Waals surface area contributed by atoms with Gasteiger partial charge in [0.2, 0.25) is 11.2 Å². The lowest BCUT2D eigenvalue weighted by Gasteiger charge is -2.19. The van der Waals surface area contributed by atoms with Crippen LogP contribution in [0.4, 0.5) is 0 Å². The third-order valence-corrected chi connectivity index (χ3v) is 6.81. The molecule has 2 heterocycles. The zero-order chi connectivity index (χ0) is 29.3. The standard InChI is InChI=1S/C32H29NO8/c1-32(2,3)20-7-9-21(10-8-20)40-27-18-39-26-17-22(11-13-24(26)28(27)34)41-31(37)19-6-12-23-25(16-19)30(36)33(29(23)35)14-5-15-38-4/h6-13,16-18H,5,14-15H2,1-4H3. The van der Waals surface area contributed by atoms with Crippen molar-refractivity contribution >= 4 is 28.8 Å². The highest BCUT2D eigenvalue weighted by atomic mass is 16.5. The Morgan fingerprint density at radius 1 is 0.878 bits per heavy atom. The number of amides is 2. The van der Waals surface area contributed by atoms with Crippen LogP contribution in [-0.4, -0.2) is 42.9 Å². The van der Waals surface area contributed by atoms with Crippen molar-refractivity contribution in [1.29, 1.82) is 0 Å². The summed E-state index contributed by atoms with van der Waals surface area (Å²) in [6.07, 6.45) is 1.72. The minimum absolute atomic E-state index is 0.00996. The van der Waals surface area contributed by atoms with Gasteiger partial charge in [0, 0.05) is 26.3 Å². The van der Waals surface area contributed by atoms with Crippen LogP contribution in [0.2, 0.25) is 0 Å². The molecule has 1 aliphatic heterocycles. The van der Waals surface area contributed by atoms with E-state index >= 15 is 0 Å². The fourth-order valence-corrected chi connectivity index (χ4v) is 4.53. The summed E-state index contributed by atoms with van der Waals surface area (Å²) in [4.78, 5) is 52.4. The monoisotopic (exact) mass is 555 g/mol. The van der Waals surface area contributed by atoms with Crippen molar-refractivity contribution < 1.29 is 33.0 Å². The molecule has 4 aromatic rings. The number of nitrogens with zero attached hydrogens (tertiary/aromatic N) is 1. The van der Waals surface area contributed by atoms with E-state index in [4.69, 9.17) is 18.6 Å². The average Bonchev–Trinajstić information content (AvgIpc) is 3.18. The number of benzene rings is 3. The quantitative estimate of drug-likeness (QED) is 0.117. The maximum absolute atomic E-state index is 13.0. The maximum atomic E-state index is 13.0. The highest BCUT2D eigenvalue weighted by Crippen LogP contribution is 2.29. The van der Waals surface area contributed by atoms with Crippen LogP contribution >= 0.6 is 0 Å². The Kier molecular flexibility index (Phi) is 7.47. The average molecular weight is 556 g/mol. The molecule has 210 valence electrons. The summed E-state index contributed by atoms with van der Waals surface area (Å²) in [6.45, 7) is 6.97. The summed E-state index contributed by atoms with van der Waals surface area (Å²) in [5.74, 6) is -0.933. The smallest absolute Gasteiger partial charge is 0.343 e. The lowest BCUT2D eigenvalue weighted by molar-refractivity contribution is 0.0638. The molecule has 0 saturated heterocycles. The molecule has 0 spiro atoms. The van der Waals surface area contributed by atoms with Crippen LogP contribution in [0.3, 0.4) is 0 Å². The predicted molar refractivity (Wildman–Crippen MR) is 151 cm³/mol. The summed E-state index contributed by atoms with van der Waals surface area (Å²) >= 11 is 0. The Balaban J connectivity index is 1.31. The highest BCUT2D eigenvalue weighted by Gasteiger charge is 2.35. The zero-order valence-corrected chi connectivity index (χ0v) is 23.2. The summed E-state index contributed by atoms with van der Waals surface area (Å²) < 4.78 is 21.9. The number of hydrogen-bond acceptors (Lipinski definition) is 8. The number of imide groups is 1. The predicted octanol–water partition coefficient (Wildman–Crippen LogP) is 5.73. The highest BCUT2D eigenvalue weighted by molar-refractivity contribution is 6.22. The van der Waals surface area contributed by atoms with Gasteiger partial charge in [-0.3, -0.25) is 19.3 Å². The molecular weight excluding hydrogens is 526 g/mol. The molecule has 0 aliphatic carbocycles. The maximum Gasteiger partial charge on any atom is 0.343 e. The van der Waals surface area contributed by atoms with Gasteiger partial charge in [0.25, 0.3) is 11.8 Å². The Morgan fingerprint density at radius 3 is 2.29 bits per heavy atom. The fourth-order valence-electron chi connectivity index (χ4n) is 4.53. The number of carbonyl (C=O) groups excluding carboxylic acids is 3. The van der Waals surface area contributed by atoms with E-state index in [0.717, 1.165) is 10.5 Å². The van der Waals surface area contributed by atoms with Gasteiger partial charge >= 0.3 is 5.97 Å². The van der Waals surface area contributed by atoms with Gasteiger partial charge in [-0.25, -0.2) is 4.79 Å². The van der Waals surface area contributed by atoms with Gasteiger partial charge in [-0.1, -0.05) is 32.9 Å². The van der Waals surface area contributed by atoms with Gasteiger partial charge in [-0.05, 0) is 59.9 Å². The molecule has 0 fully saturated rings. The summed E-state index contributed by atoms with van der Waals surface area (Å²) in [7, 11) is 1.54. The molecule has 0 N–H and O–H groups in total. The molecule has 9 nitrogen and oxygen atoms in total. The first kappa shape index (κ1) is 27.8. The second kappa shape index (κ2) is 11.0. The van der Waals surface area contributed by atoms with Crippen LogP contribution in [0, 0.1) is 0 Å². The van der Waals surface area contributed by atoms with Crippen molar-refractivity contribution in [3.05, 3.63) is 99.4 Å². The molecule has 5 rings (SSSR count). The third-order valence-electron chi connectivity index (χ3n) is 6.81. The molecule has 0 bridgehead atoms. The molecule has 1 aliphatic rings. The largest absolute Gasteiger partial charge is 0.460 e. The summed E-state index contributed by atoms with van der Waals surface area (Å²) in [5.41, 5.74) is 1.44. The number of fused-ring (bicyclic) bond motifs is 2. The third kappa shape index (κ3) is 5.62. The van der Waals surface area contributed by atoms with Crippen LogP contribution in [0.1, 0.15) is 63.8 Å². The van der Waals surface area contributed by atoms with Gasteiger partial charge in [0.15, 0.2) is 0 Å². The Labute approximate surface area is 236 Å². The van der Waals surface area contributed by atoms with Crippen molar-refractivity contribution in [2.45, 2.75) is 32.6 Å². The van der Waals surface area contributed by atoms with Crippen molar-refractivity contribution in [2.75, 3.05) is 20.3 Å². The zero-order valence-electron chi connectivity index (χ0n) is 23.2. The molecule has 1 aromatic heterocycles. The topological polar surface area (TPSA) is 112 Å². The number of hydrogen-bond donors (Lipinski definition) is 0. The van der Waals surface area contributed by atoms with E-state index in [1.165, 1.54) is 42.7 Å². The molecule has 9 heteroatoms. The van der Waals surface area contributed by atoms with Crippen LogP contribution in [0.25, 0.3) is 11.0 Å². The Hall–Kier alpha value is -4.76. The second-order valence-corrected chi connectivity index (χ2v) is 10.7. The van der Waals surface area contributed by atoms with Crippen LogP contribution < -0.4 is 14.9 Å². The number of esters is 1. The molecule has 0 atom stereocenters. The number of carbonyl (C=O) groups is 3. The van der Waals surface area contributed by atoms with E-state index in [-0.39, 0.29) is 56.5 Å². The molecule has 0 radical (unpaired) electrons. The van der Waals surface area contributed by atoms with Crippen molar-refractivity contribution in [1.82, 2.24) is 4.90 Å². The van der Waals surface area contributed by atoms with E-state index in [9.17, 15) is 19.2 Å². The van der Waals surface area contributed by atoms with Crippen LogP contribution in [-0.2, 0) is 10.2 Å². The molecule has 0 saturated carbocycles. The van der Waals surface area contributed by atoms with Crippen molar-refractivity contribution in [3.63, 3.8) is 0 Å².